The number of imidazole rings is 1. The maximum atomic E-state index is 13.3. The number of amides is 1. The van der Waals surface area contributed by atoms with Crippen molar-refractivity contribution in [2.45, 2.75) is 31.9 Å². The Hall–Kier alpha value is -3.59. The fourth-order valence-electron chi connectivity index (χ4n) is 3.71. The topological polar surface area (TPSA) is 121 Å². The number of benzene rings is 1. The van der Waals surface area contributed by atoms with Gasteiger partial charge < -0.3 is 19.4 Å². The van der Waals surface area contributed by atoms with Gasteiger partial charge in [0.1, 0.15) is 11.6 Å². The van der Waals surface area contributed by atoms with Gasteiger partial charge in [0.25, 0.3) is 0 Å². The Morgan fingerprint density at radius 2 is 2.07 bits per heavy atom. The molecule has 4 heterocycles. The van der Waals surface area contributed by atoms with Crippen molar-refractivity contribution in [3.8, 4) is 0 Å². The molecular formula is C21H20N6O3. The van der Waals surface area contributed by atoms with Gasteiger partial charge in [0.2, 0.25) is 5.89 Å². The van der Waals surface area contributed by atoms with Gasteiger partial charge in [0.15, 0.2) is 0 Å². The van der Waals surface area contributed by atoms with Gasteiger partial charge in [0, 0.05) is 24.0 Å². The number of pyridine rings is 1. The van der Waals surface area contributed by atoms with E-state index < -0.39 is 17.6 Å². The molecule has 3 aromatic heterocycles. The maximum absolute atomic E-state index is 13.3. The zero-order chi connectivity index (χ0) is 20.9. The predicted molar refractivity (Wildman–Crippen MR) is 106 cm³/mol. The Kier molecular flexibility index (Phi) is 4.14. The Bertz CT molecular complexity index is 1240. The molecule has 1 amide bonds. The number of para-hydroxylation sites is 1. The minimum Gasteiger partial charge on any atom is -0.414 e. The van der Waals surface area contributed by atoms with E-state index in [9.17, 15) is 9.90 Å². The van der Waals surface area contributed by atoms with E-state index in [1.165, 1.54) is 13.8 Å². The molecule has 0 spiro atoms. The number of hydrogen-bond acceptors (Lipinski definition) is 7. The van der Waals surface area contributed by atoms with Crippen molar-refractivity contribution in [3.63, 3.8) is 0 Å². The molecule has 4 aromatic rings. The van der Waals surface area contributed by atoms with Crippen LogP contribution < -0.4 is 0 Å². The smallest absolute Gasteiger partial charge is 0.312 e. The number of fused-ring (bicyclic) bond motifs is 2. The summed E-state index contributed by atoms with van der Waals surface area (Å²) < 4.78 is 5.47. The lowest BCUT2D eigenvalue weighted by Crippen LogP contribution is -2.41. The van der Waals surface area contributed by atoms with Crippen LogP contribution in [-0.2, 0) is 12.0 Å². The number of H-pyrrole nitrogens is 1. The number of rotatable bonds is 3. The van der Waals surface area contributed by atoms with E-state index in [1.54, 1.807) is 11.2 Å². The fraction of sp³-hybridized carbons (Fsp3) is 0.286. The molecule has 0 saturated carbocycles. The summed E-state index contributed by atoms with van der Waals surface area (Å²) in [6.45, 7) is 3.48. The molecule has 5 rings (SSSR count). The molecule has 2 N–H and O–H groups in total. The van der Waals surface area contributed by atoms with Crippen LogP contribution in [0.5, 0.6) is 0 Å². The molecule has 30 heavy (non-hydrogen) atoms. The van der Waals surface area contributed by atoms with Crippen molar-refractivity contribution < 1.29 is 14.3 Å². The summed E-state index contributed by atoms with van der Waals surface area (Å²) >= 11 is 0. The highest BCUT2D eigenvalue weighted by molar-refractivity contribution is 5.90. The van der Waals surface area contributed by atoms with Gasteiger partial charge in [0.05, 0.1) is 23.2 Å². The van der Waals surface area contributed by atoms with Crippen LogP contribution in [0.1, 0.15) is 53.5 Å². The average Bonchev–Trinajstić information content (AvgIpc) is 3.41. The number of carbonyl (C=O) groups is 1. The highest BCUT2D eigenvalue weighted by Gasteiger charge is 2.38. The highest BCUT2D eigenvalue weighted by atomic mass is 16.4. The molecule has 0 radical (unpaired) electrons. The van der Waals surface area contributed by atoms with Gasteiger partial charge in [-0.2, -0.15) is 0 Å². The number of carbonyl (C=O) groups excluding carboxylic acids is 1. The first-order chi connectivity index (χ1) is 14.4. The lowest BCUT2D eigenvalue weighted by atomic mass is 9.98. The van der Waals surface area contributed by atoms with E-state index in [2.05, 4.69) is 20.2 Å². The van der Waals surface area contributed by atoms with Gasteiger partial charge in [-0.15, -0.1) is 10.2 Å². The summed E-state index contributed by atoms with van der Waals surface area (Å²) in [5.41, 5.74) is 1.94. The number of nitrogens with zero attached hydrogens (tertiary/aromatic N) is 5. The van der Waals surface area contributed by atoms with E-state index in [1.807, 2.05) is 36.4 Å². The molecular weight excluding hydrogens is 384 g/mol. The summed E-state index contributed by atoms with van der Waals surface area (Å²) in [5.74, 6) is -0.604. The van der Waals surface area contributed by atoms with E-state index in [0.717, 1.165) is 22.3 Å². The summed E-state index contributed by atoms with van der Waals surface area (Å²) in [4.78, 5) is 27.4. The normalized spacial score (nSPS) is 16.6. The van der Waals surface area contributed by atoms with Crippen molar-refractivity contribution in [2.24, 2.45) is 0 Å². The van der Waals surface area contributed by atoms with E-state index >= 15 is 0 Å². The second-order valence-corrected chi connectivity index (χ2v) is 7.82. The number of nitrogens with one attached hydrogen (secondary N) is 1. The molecule has 9 nitrogen and oxygen atoms in total. The standard InChI is InChI=1S/C21H20N6O3/c1-21(2,29)20-26-25-18(30-20)19(28)27-10-9-14-16(23-11-22-14)17(27)15-8-7-12-5-3-4-6-13(12)24-15/h3-8,11,17,29H,9-10H2,1-2H3,(H,22,23)/t17-/m1/s1. The van der Waals surface area contributed by atoms with Crippen LogP contribution in [-0.4, -0.2) is 47.6 Å². The number of hydrogen-bond donors (Lipinski definition) is 2. The number of aliphatic hydroxyl groups is 1. The molecule has 9 heteroatoms. The summed E-state index contributed by atoms with van der Waals surface area (Å²) in [6.07, 6.45) is 2.25. The first-order valence-corrected chi connectivity index (χ1v) is 9.67. The first kappa shape index (κ1) is 18.4. The largest absolute Gasteiger partial charge is 0.414 e. The van der Waals surface area contributed by atoms with Gasteiger partial charge in [-0.25, -0.2) is 4.98 Å². The van der Waals surface area contributed by atoms with Crippen LogP contribution in [0, 0.1) is 0 Å². The van der Waals surface area contributed by atoms with Crippen molar-refractivity contribution in [1.29, 1.82) is 0 Å². The molecule has 1 aliphatic heterocycles. The van der Waals surface area contributed by atoms with E-state index in [0.29, 0.717) is 18.7 Å². The molecule has 0 aliphatic carbocycles. The lowest BCUT2D eigenvalue weighted by molar-refractivity contribution is 0.0440. The minimum atomic E-state index is -1.33. The zero-order valence-corrected chi connectivity index (χ0v) is 16.5. The molecule has 0 fully saturated rings. The lowest BCUT2D eigenvalue weighted by Gasteiger charge is -2.33. The van der Waals surface area contributed by atoms with E-state index in [4.69, 9.17) is 9.40 Å². The predicted octanol–water partition coefficient (Wildman–Crippen LogP) is 2.36. The molecule has 0 bridgehead atoms. The SMILES string of the molecule is CC(C)(O)c1nnc(C(=O)N2CCc3[nH]cnc3[C@H]2c2ccc3ccccc3n2)o1. The van der Waals surface area contributed by atoms with Crippen LogP contribution in [0.15, 0.2) is 47.1 Å². The van der Waals surface area contributed by atoms with Gasteiger partial charge in [-0.1, -0.05) is 24.3 Å². The Morgan fingerprint density at radius 3 is 2.87 bits per heavy atom. The zero-order valence-electron chi connectivity index (χ0n) is 16.5. The Labute approximate surface area is 171 Å². The quantitative estimate of drug-likeness (QED) is 0.538. The second-order valence-electron chi connectivity index (χ2n) is 7.82. The van der Waals surface area contributed by atoms with Crippen molar-refractivity contribution in [1.82, 2.24) is 30.0 Å². The van der Waals surface area contributed by atoms with Crippen LogP contribution in [0.4, 0.5) is 0 Å². The number of aromatic nitrogens is 5. The van der Waals surface area contributed by atoms with Gasteiger partial charge >= 0.3 is 11.8 Å². The minimum absolute atomic E-state index is 0.0105. The van der Waals surface area contributed by atoms with Crippen LogP contribution in [0.3, 0.4) is 0 Å². The summed E-state index contributed by atoms with van der Waals surface area (Å²) in [7, 11) is 0. The molecule has 152 valence electrons. The first-order valence-electron chi connectivity index (χ1n) is 9.67. The van der Waals surface area contributed by atoms with E-state index in [-0.39, 0.29) is 11.8 Å². The van der Waals surface area contributed by atoms with Gasteiger partial charge in [-0.05, 0) is 26.0 Å². The highest BCUT2D eigenvalue weighted by Crippen LogP contribution is 2.34. The third kappa shape index (κ3) is 3.03. The second kappa shape index (κ2) is 6.74. The Morgan fingerprint density at radius 1 is 1.23 bits per heavy atom. The van der Waals surface area contributed by atoms with Crippen molar-refractivity contribution >= 4 is 16.8 Å². The average molecular weight is 404 g/mol. The monoisotopic (exact) mass is 404 g/mol. The maximum Gasteiger partial charge on any atom is 0.312 e. The van der Waals surface area contributed by atoms with Crippen LogP contribution in [0.2, 0.25) is 0 Å². The Balaban J connectivity index is 1.58. The van der Waals surface area contributed by atoms with Crippen molar-refractivity contribution in [2.75, 3.05) is 6.54 Å². The molecule has 1 atom stereocenters. The summed E-state index contributed by atoms with van der Waals surface area (Å²) in [5, 5.41) is 18.8. The third-order valence-electron chi connectivity index (χ3n) is 5.22. The van der Waals surface area contributed by atoms with Crippen LogP contribution in [0.25, 0.3) is 10.9 Å². The fourth-order valence-corrected chi connectivity index (χ4v) is 3.71. The third-order valence-corrected chi connectivity index (χ3v) is 5.22. The number of aromatic amines is 1. The van der Waals surface area contributed by atoms with Gasteiger partial charge in [-0.3, -0.25) is 9.78 Å². The van der Waals surface area contributed by atoms with Crippen molar-refractivity contribution in [3.05, 3.63) is 71.6 Å². The molecule has 1 aromatic carbocycles. The molecule has 0 saturated heterocycles. The van der Waals surface area contributed by atoms with Crippen LogP contribution >= 0.6 is 0 Å². The molecule has 0 unspecified atom stereocenters. The summed E-state index contributed by atoms with van der Waals surface area (Å²) in [6, 6.07) is 11.2. The molecule has 1 aliphatic rings.